The molecule has 5 nitrogen and oxygen atoms in total. The van der Waals surface area contributed by atoms with Gasteiger partial charge in [-0.05, 0) is 37.3 Å². The first-order valence-corrected chi connectivity index (χ1v) is 9.52. The summed E-state index contributed by atoms with van der Waals surface area (Å²) >= 11 is 0. The molecule has 0 aliphatic heterocycles. The van der Waals surface area contributed by atoms with Gasteiger partial charge >= 0.3 is 0 Å². The largest absolute Gasteiger partial charge is 0.493 e. The summed E-state index contributed by atoms with van der Waals surface area (Å²) in [5.41, 5.74) is 1.62. The molecule has 1 aromatic heterocycles. The zero-order valence-electron chi connectivity index (χ0n) is 15.6. The number of nitrogens with zero attached hydrogens (tertiary/aromatic N) is 2. The number of rotatable bonds is 5. The molecule has 27 heavy (non-hydrogen) atoms. The van der Waals surface area contributed by atoms with Crippen molar-refractivity contribution in [3.8, 4) is 11.5 Å². The van der Waals surface area contributed by atoms with Gasteiger partial charge in [0, 0.05) is 6.07 Å². The average Bonchev–Trinajstić information content (AvgIpc) is 2.72. The van der Waals surface area contributed by atoms with Gasteiger partial charge in [-0.1, -0.05) is 36.8 Å². The van der Waals surface area contributed by atoms with Gasteiger partial charge in [0.05, 0.1) is 37.0 Å². The van der Waals surface area contributed by atoms with E-state index in [1.54, 1.807) is 30.1 Å². The maximum atomic E-state index is 13.0. The van der Waals surface area contributed by atoms with Crippen LogP contribution in [-0.2, 0) is 6.54 Å². The summed E-state index contributed by atoms with van der Waals surface area (Å²) < 4.78 is 13.3. The van der Waals surface area contributed by atoms with E-state index in [4.69, 9.17) is 9.47 Å². The van der Waals surface area contributed by atoms with E-state index in [-0.39, 0.29) is 11.7 Å². The van der Waals surface area contributed by atoms with Crippen molar-refractivity contribution in [2.75, 3.05) is 7.11 Å². The van der Waals surface area contributed by atoms with Crippen molar-refractivity contribution in [1.29, 1.82) is 0 Å². The SMILES string of the molecule is COc1cc2ncn(Cc3ccccc3)c(=O)c2cc1OC1CCCCC1. The molecule has 1 aliphatic rings. The van der Waals surface area contributed by atoms with Crippen molar-refractivity contribution < 1.29 is 9.47 Å². The molecule has 0 unspecified atom stereocenters. The molecule has 0 bridgehead atoms. The van der Waals surface area contributed by atoms with Crippen LogP contribution in [0.1, 0.15) is 37.7 Å². The predicted octanol–water partition coefficient (Wildman–Crippen LogP) is 4.16. The second kappa shape index (κ2) is 7.82. The minimum atomic E-state index is -0.0694. The fourth-order valence-electron chi connectivity index (χ4n) is 3.67. The molecule has 140 valence electrons. The van der Waals surface area contributed by atoms with Crippen LogP contribution in [0.2, 0.25) is 0 Å². The zero-order chi connectivity index (χ0) is 18.6. The van der Waals surface area contributed by atoms with E-state index < -0.39 is 0 Å². The number of hydrogen-bond donors (Lipinski definition) is 0. The van der Waals surface area contributed by atoms with E-state index >= 15 is 0 Å². The molecule has 0 N–H and O–H groups in total. The highest BCUT2D eigenvalue weighted by Gasteiger charge is 2.18. The Hall–Kier alpha value is -2.82. The third-order valence-electron chi connectivity index (χ3n) is 5.15. The van der Waals surface area contributed by atoms with E-state index in [0.717, 1.165) is 18.4 Å². The molecule has 5 heteroatoms. The van der Waals surface area contributed by atoms with Crippen molar-refractivity contribution in [2.24, 2.45) is 0 Å². The summed E-state index contributed by atoms with van der Waals surface area (Å²) in [6.07, 6.45) is 7.52. The van der Waals surface area contributed by atoms with Crippen LogP contribution in [0.25, 0.3) is 10.9 Å². The lowest BCUT2D eigenvalue weighted by molar-refractivity contribution is 0.150. The third-order valence-corrected chi connectivity index (χ3v) is 5.15. The van der Waals surface area contributed by atoms with Crippen molar-refractivity contribution >= 4 is 10.9 Å². The highest BCUT2D eigenvalue weighted by Crippen LogP contribution is 2.33. The molecule has 1 aliphatic carbocycles. The van der Waals surface area contributed by atoms with Crippen LogP contribution < -0.4 is 15.0 Å². The fourth-order valence-corrected chi connectivity index (χ4v) is 3.67. The molecule has 0 spiro atoms. The normalized spacial score (nSPS) is 15.0. The van der Waals surface area contributed by atoms with Gasteiger partial charge in [0.2, 0.25) is 0 Å². The second-order valence-electron chi connectivity index (χ2n) is 7.06. The van der Waals surface area contributed by atoms with E-state index in [1.165, 1.54) is 19.3 Å². The minimum absolute atomic E-state index is 0.0694. The first kappa shape index (κ1) is 17.6. The highest BCUT2D eigenvalue weighted by atomic mass is 16.5. The fraction of sp³-hybridized carbons (Fsp3) is 0.364. The summed E-state index contributed by atoms with van der Waals surface area (Å²) in [7, 11) is 1.62. The number of aromatic nitrogens is 2. The Morgan fingerprint density at radius 1 is 1.07 bits per heavy atom. The lowest BCUT2D eigenvalue weighted by atomic mass is 9.98. The smallest absolute Gasteiger partial charge is 0.261 e. The average molecular weight is 364 g/mol. The molecular weight excluding hydrogens is 340 g/mol. The molecule has 4 rings (SSSR count). The third kappa shape index (κ3) is 3.82. The Bertz CT molecular complexity index is 976. The Labute approximate surface area is 158 Å². The van der Waals surface area contributed by atoms with Crippen LogP contribution in [0.15, 0.2) is 53.6 Å². The Morgan fingerprint density at radius 3 is 2.59 bits per heavy atom. The maximum Gasteiger partial charge on any atom is 0.261 e. The molecule has 1 saturated carbocycles. The molecule has 0 amide bonds. The van der Waals surface area contributed by atoms with Gasteiger partial charge in [0.1, 0.15) is 0 Å². The maximum absolute atomic E-state index is 13.0. The number of fused-ring (bicyclic) bond motifs is 1. The van der Waals surface area contributed by atoms with Gasteiger partial charge < -0.3 is 9.47 Å². The summed E-state index contributed by atoms with van der Waals surface area (Å²) in [6.45, 7) is 0.494. The van der Waals surface area contributed by atoms with E-state index in [2.05, 4.69) is 4.98 Å². The molecule has 0 saturated heterocycles. The number of hydrogen-bond acceptors (Lipinski definition) is 4. The summed E-state index contributed by atoms with van der Waals surface area (Å²) in [5.74, 6) is 1.26. The van der Waals surface area contributed by atoms with Gasteiger partial charge in [-0.2, -0.15) is 0 Å². The lowest BCUT2D eigenvalue weighted by Crippen LogP contribution is -2.22. The monoisotopic (exact) mass is 364 g/mol. The Kier molecular flexibility index (Phi) is 5.10. The van der Waals surface area contributed by atoms with Gasteiger partial charge in [-0.25, -0.2) is 4.98 Å². The molecule has 2 aromatic carbocycles. The van der Waals surface area contributed by atoms with Crippen LogP contribution >= 0.6 is 0 Å². The van der Waals surface area contributed by atoms with E-state index in [9.17, 15) is 4.79 Å². The Morgan fingerprint density at radius 2 is 1.85 bits per heavy atom. The first-order chi connectivity index (χ1) is 13.2. The standard InChI is InChI=1S/C22H24N2O3/c1-26-20-13-19-18(12-21(20)27-17-10-6-3-7-11-17)22(25)24(15-23-19)14-16-8-4-2-5-9-16/h2,4-5,8-9,12-13,15,17H,3,6-7,10-11,14H2,1H3. The second-order valence-corrected chi connectivity index (χ2v) is 7.06. The predicted molar refractivity (Wildman–Crippen MR) is 106 cm³/mol. The Balaban J connectivity index is 1.71. The molecule has 0 atom stereocenters. The van der Waals surface area contributed by atoms with Crippen LogP contribution in [0, 0.1) is 0 Å². The van der Waals surface area contributed by atoms with Crippen molar-refractivity contribution in [3.05, 3.63) is 64.7 Å². The van der Waals surface area contributed by atoms with Crippen LogP contribution in [0.5, 0.6) is 11.5 Å². The van der Waals surface area contributed by atoms with Crippen molar-refractivity contribution in [3.63, 3.8) is 0 Å². The number of ether oxygens (including phenoxy) is 2. The first-order valence-electron chi connectivity index (χ1n) is 9.52. The molecule has 0 radical (unpaired) electrons. The van der Waals surface area contributed by atoms with Gasteiger partial charge in [0.25, 0.3) is 5.56 Å². The van der Waals surface area contributed by atoms with Crippen LogP contribution in [0.3, 0.4) is 0 Å². The van der Waals surface area contributed by atoms with Crippen LogP contribution in [-0.4, -0.2) is 22.8 Å². The topological polar surface area (TPSA) is 53.4 Å². The van der Waals surface area contributed by atoms with Crippen molar-refractivity contribution in [2.45, 2.75) is 44.8 Å². The summed E-state index contributed by atoms with van der Waals surface area (Å²) in [5, 5.41) is 0.556. The zero-order valence-corrected chi connectivity index (χ0v) is 15.6. The lowest BCUT2D eigenvalue weighted by Gasteiger charge is -2.24. The van der Waals surface area contributed by atoms with Crippen LogP contribution in [0.4, 0.5) is 0 Å². The van der Waals surface area contributed by atoms with Gasteiger partial charge in [-0.3, -0.25) is 9.36 Å². The quantitative estimate of drug-likeness (QED) is 0.682. The number of benzene rings is 2. The van der Waals surface area contributed by atoms with Gasteiger partial charge in [-0.15, -0.1) is 0 Å². The summed E-state index contributed by atoms with van der Waals surface area (Å²) in [6, 6.07) is 13.5. The molecule has 3 aromatic rings. The summed E-state index contributed by atoms with van der Waals surface area (Å²) in [4.78, 5) is 17.5. The molecule has 1 heterocycles. The highest BCUT2D eigenvalue weighted by molar-refractivity contribution is 5.81. The molecule has 1 fully saturated rings. The van der Waals surface area contributed by atoms with Gasteiger partial charge in [0.15, 0.2) is 11.5 Å². The van der Waals surface area contributed by atoms with E-state index in [1.807, 2.05) is 30.3 Å². The van der Waals surface area contributed by atoms with Crippen molar-refractivity contribution in [1.82, 2.24) is 9.55 Å². The number of methoxy groups -OCH3 is 1. The molecular formula is C22H24N2O3. The van der Waals surface area contributed by atoms with E-state index in [0.29, 0.717) is 28.9 Å². The minimum Gasteiger partial charge on any atom is -0.493 e.